The van der Waals surface area contributed by atoms with Gasteiger partial charge in [0.2, 0.25) is 5.91 Å². The van der Waals surface area contributed by atoms with Crippen LogP contribution < -0.4 is 16.4 Å². The van der Waals surface area contributed by atoms with Gasteiger partial charge >= 0.3 is 0 Å². The van der Waals surface area contributed by atoms with Crippen molar-refractivity contribution < 1.29 is 23.8 Å². The van der Waals surface area contributed by atoms with Crippen LogP contribution in [-0.2, 0) is 10.3 Å². The Morgan fingerprint density at radius 3 is 2.63 bits per heavy atom. The van der Waals surface area contributed by atoms with Gasteiger partial charge in [-0.15, -0.1) is 0 Å². The lowest BCUT2D eigenvalue weighted by Crippen LogP contribution is -2.52. The largest absolute Gasteiger partial charge is 0.394 e. The van der Waals surface area contributed by atoms with E-state index in [0.29, 0.717) is 12.8 Å². The Hall–Kier alpha value is -1.94. The first kappa shape index (κ1) is 30.6. The van der Waals surface area contributed by atoms with Gasteiger partial charge in [0, 0.05) is 29.1 Å². The topological polar surface area (TPSA) is 108 Å². The molecule has 208 valence electrons. The fourth-order valence-corrected chi connectivity index (χ4v) is 5.83. The highest BCUT2D eigenvalue weighted by atomic mass is 35.5. The van der Waals surface area contributed by atoms with Crippen LogP contribution in [0, 0.1) is 24.0 Å². The van der Waals surface area contributed by atoms with Crippen LogP contribution in [0.2, 0.25) is 10.0 Å². The summed E-state index contributed by atoms with van der Waals surface area (Å²) in [6.07, 6.45) is 0.963. The molecule has 0 bridgehead atoms. The quantitative estimate of drug-likeness (QED) is 0.257. The Kier molecular flexibility index (Phi) is 10.1. The van der Waals surface area contributed by atoms with E-state index in [9.17, 15) is 9.90 Å². The second-order valence-corrected chi connectivity index (χ2v) is 11.6. The number of amides is 1. The Morgan fingerprint density at radius 1 is 1.29 bits per heavy atom. The van der Waals surface area contributed by atoms with Crippen molar-refractivity contribution in [2.45, 2.75) is 69.2 Å². The van der Waals surface area contributed by atoms with Gasteiger partial charge in [0.1, 0.15) is 11.6 Å². The van der Waals surface area contributed by atoms with Gasteiger partial charge in [-0.2, -0.15) is 0 Å². The van der Waals surface area contributed by atoms with E-state index < -0.39 is 53.8 Å². The Bertz CT molecular complexity index is 1140. The summed E-state index contributed by atoms with van der Waals surface area (Å²) >= 11 is 12.2. The van der Waals surface area contributed by atoms with Crippen molar-refractivity contribution in [3.05, 3.63) is 76.1 Å². The van der Waals surface area contributed by atoms with E-state index >= 15 is 8.78 Å². The maximum Gasteiger partial charge on any atom is 0.237 e. The zero-order valence-corrected chi connectivity index (χ0v) is 23.1. The lowest BCUT2D eigenvalue weighted by atomic mass is 9.67. The number of nitrogens with one attached hydrogen (secondary N) is 2. The molecule has 3 rings (SSSR count). The molecule has 6 nitrogen and oxygen atoms in total. The molecule has 1 fully saturated rings. The number of hydrogen-bond acceptors (Lipinski definition) is 5. The fraction of sp³-hybridized carbons (Fsp3) is 0.500. The molecule has 2 aromatic carbocycles. The molecule has 1 aliphatic rings. The summed E-state index contributed by atoms with van der Waals surface area (Å²) in [5.41, 5.74) is 5.48. The average molecular weight is 572 g/mol. The number of rotatable bonds is 11. The van der Waals surface area contributed by atoms with E-state index in [1.54, 1.807) is 6.07 Å². The third kappa shape index (κ3) is 6.43. The molecule has 10 heteroatoms. The third-order valence-electron chi connectivity index (χ3n) is 7.40. The molecule has 0 spiro atoms. The van der Waals surface area contributed by atoms with Crippen LogP contribution in [0.4, 0.5) is 8.78 Å². The number of benzene rings is 2. The molecule has 38 heavy (non-hydrogen) atoms. The lowest BCUT2D eigenvalue weighted by molar-refractivity contribution is -0.123. The zero-order valence-electron chi connectivity index (χ0n) is 21.6. The summed E-state index contributed by atoms with van der Waals surface area (Å²) in [5, 5.41) is 24.8. The molecule has 0 aliphatic carbocycles. The lowest BCUT2D eigenvalue weighted by Gasteiger charge is -2.40. The molecule has 1 heterocycles. The minimum Gasteiger partial charge on any atom is -0.394 e. The van der Waals surface area contributed by atoms with Gasteiger partial charge in [0.05, 0.1) is 42.7 Å². The number of carbonyl (C=O) groups excluding carboxylic acids is 1. The highest BCUT2D eigenvalue weighted by Crippen LogP contribution is 2.50. The van der Waals surface area contributed by atoms with Gasteiger partial charge in [0.15, 0.2) is 0 Å². The maximum atomic E-state index is 15.6. The summed E-state index contributed by atoms with van der Waals surface area (Å²) in [6, 6.07) is 6.89. The standard InChI is InChI=1S/C28H35Cl2F2N3O3/c1-4-11-27(2,3)14-22-28(33,19-9-8-16(29)13-21(19)31)23(18-6-5-7-20(30)24(18)32)25(35-22)26(38)34-12-10-17(37)15-36/h5-9,13,17,22-23,25,35-37H,1,4,10-12,14-15,33H2,2-3H3/p+1. The molecule has 0 radical (unpaired) electrons. The van der Waals surface area contributed by atoms with Crippen molar-refractivity contribution in [2.24, 2.45) is 11.1 Å². The van der Waals surface area contributed by atoms with Crippen molar-refractivity contribution in [3.8, 4) is 0 Å². The molecule has 0 aromatic heterocycles. The second-order valence-electron chi connectivity index (χ2n) is 10.8. The monoisotopic (exact) mass is 570 g/mol. The van der Waals surface area contributed by atoms with Crippen molar-refractivity contribution in [2.75, 3.05) is 13.2 Å². The van der Waals surface area contributed by atoms with Gasteiger partial charge in [-0.3, -0.25) is 4.79 Å². The summed E-state index contributed by atoms with van der Waals surface area (Å²) in [7, 11) is 0. The molecule has 1 amide bonds. The Balaban J connectivity index is 2.18. The van der Waals surface area contributed by atoms with Crippen LogP contribution in [0.15, 0.2) is 36.4 Å². The van der Waals surface area contributed by atoms with Crippen molar-refractivity contribution in [1.29, 1.82) is 0 Å². The van der Waals surface area contributed by atoms with E-state index in [0.717, 1.165) is 12.5 Å². The van der Waals surface area contributed by atoms with Gasteiger partial charge in [-0.05, 0) is 48.4 Å². The predicted octanol–water partition coefficient (Wildman–Crippen LogP) is 4.44. The highest BCUT2D eigenvalue weighted by Gasteiger charge is 2.58. The van der Waals surface area contributed by atoms with Crippen molar-refractivity contribution >= 4 is 29.1 Å². The van der Waals surface area contributed by atoms with Crippen LogP contribution >= 0.6 is 23.2 Å². The Labute approximate surface area is 232 Å². The average Bonchev–Trinajstić information content (AvgIpc) is 3.12. The first-order valence-electron chi connectivity index (χ1n) is 12.7. The summed E-state index contributed by atoms with van der Waals surface area (Å²) in [6.45, 7) is 7.65. The van der Waals surface area contributed by atoms with E-state index in [2.05, 4.69) is 17.6 Å². The second kappa shape index (κ2) is 12.5. The number of carbonyl (C=O) groups is 1. The number of halogens is 4. The summed E-state index contributed by atoms with van der Waals surface area (Å²) < 4.78 is 31.1. The first-order valence-corrected chi connectivity index (χ1v) is 13.4. The molecular weight excluding hydrogens is 535 g/mol. The van der Waals surface area contributed by atoms with Crippen LogP contribution in [0.25, 0.3) is 0 Å². The van der Waals surface area contributed by atoms with Gasteiger partial charge in [0.25, 0.3) is 0 Å². The van der Waals surface area contributed by atoms with Crippen molar-refractivity contribution in [3.63, 3.8) is 0 Å². The molecule has 5 unspecified atom stereocenters. The molecule has 1 saturated heterocycles. The smallest absolute Gasteiger partial charge is 0.237 e. The number of aliphatic hydroxyl groups excluding tert-OH is 2. The van der Waals surface area contributed by atoms with Gasteiger partial charge in [-0.1, -0.05) is 55.2 Å². The van der Waals surface area contributed by atoms with Crippen LogP contribution in [0.5, 0.6) is 0 Å². The molecule has 6 N–H and O–H groups in total. The van der Waals surface area contributed by atoms with Crippen molar-refractivity contribution in [1.82, 2.24) is 10.6 Å². The van der Waals surface area contributed by atoms with Gasteiger partial charge < -0.3 is 26.6 Å². The van der Waals surface area contributed by atoms with E-state index in [1.807, 2.05) is 13.8 Å². The van der Waals surface area contributed by atoms with Crippen LogP contribution in [0.1, 0.15) is 56.6 Å². The number of aliphatic hydroxyl groups is 2. The van der Waals surface area contributed by atoms with Crippen LogP contribution in [0.3, 0.4) is 0 Å². The number of hydrogen-bond donors (Lipinski definition) is 5. The number of nitrogens with two attached hydrogens (primary N) is 1. The minimum atomic E-state index is -1.58. The Morgan fingerprint density at radius 2 is 2.00 bits per heavy atom. The molecule has 2 aromatic rings. The van der Waals surface area contributed by atoms with E-state index in [-0.39, 0.29) is 39.6 Å². The first-order chi connectivity index (χ1) is 17.9. The zero-order chi connectivity index (χ0) is 28.3. The molecular formula is C28H36Cl2F2N3O3+. The SMILES string of the molecule is [CH2+]CCC(C)(C)CC1NC(C(=O)NCCC(O)CO)C(c2cccc(Cl)c2F)C1(N)c1ccc(Cl)cc1F. The fourth-order valence-electron chi connectivity index (χ4n) is 5.49. The summed E-state index contributed by atoms with van der Waals surface area (Å²) in [5.74, 6) is -2.96. The normalized spacial score (nSPS) is 24.4. The van der Waals surface area contributed by atoms with Gasteiger partial charge in [-0.25, -0.2) is 8.78 Å². The van der Waals surface area contributed by atoms with E-state index in [4.69, 9.17) is 34.0 Å². The third-order valence-corrected chi connectivity index (χ3v) is 7.93. The maximum absolute atomic E-state index is 15.6. The molecule has 0 saturated carbocycles. The summed E-state index contributed by atoms with van der Waals surface area (Å²) in [4.78, 5) is 13.5. The molecule has 1 aliphatic heterocycles. The predicted molar refractivity (Wildman–Crippen MR) is 146 cm³/mol. The minimum absolute atomic E-state index is 0.0635. The molecule has 5 atom stereocenters. The van der Waals surface area contributed by atoms with E-state index in [1.165, 1.54) is 24.3 Å². The van der Waals surface area contributed by atoms with Crippen LogP contribution in [-0.4, -0.2) is 47.5 Å². The highest BCUT2D eigenvalue weighted by molar-refractivity contribution is 6.31.